The summed E-state index contributed by atoms with van der Waals surface area (Å²) >= 11 is 0. The van der Waals surface area contributed by atoms with E-state index >= 15 is 0 Å². The highest BCUT2D eigenvalue weighted by Crippen LogP contribution is 2.52. The first-order valence-corrected chi connectivity index (χ1v) is 16.0. The monoisotopic (exact) mass is 597 g/mol. The van der Waals surface area contributed by atoms with E-state index in [1.807, 2.05) is 12.1 Å². The number of nitrogens with zero attached hydrogens (tertiary/aromatic N) is 1. The fraction of sp³-hybridized carbons (Fsp3) is 0.583. The second-order valence-corrected chi connectivity index (χ2v) is 13.1. The van der Waals surface area contributed by atoms with Crippen LogP contribution in [0.1, 0.15) is 115 Å². The molecule has 0 amide bonds. The van der Waals surface area contributed by atoms with Gasteiger partial charge in [-0.2, -0.15) is 0 Å². The third-order valence-electron chi connectivity index (χ3n) is 9.32. The lowest BCUT2D eigenvalue weighted by atomic mass is 9.74. The van der Waals surface area contributed by atoms with Crippen LogP contribution in [0.3, 0.4) is 0 Å². The molecular formula is C36H49ClFNO3. The van der Waals surface area contributed by atoms with Crippen LogP contribution in [-0.4, -0.2) is 36.1 Å². The average Bonchev–Trinajstić information content (AvgIpc) is 2.93. The van der Waals surface area contributed by atoms with Crippen molar-refractivity contribution in [3.05, 3.63) is 64.5 Å². The zero-order valence-corrected chi connectivity index (χ0v) is 26.8. The van der Waals surface area contributed by atoms with Crippen LogP contribution in [0.5, 0.6) is 11.5 Å². The molecule has 0 bridgehead atoms. The number of ether oxygens (including phenoxy) is 2. The van der Waals surface area contributed by atoms with E-state index in [0.29, 0.717) is 18.1 Å². The fourth-order valence-corrected chi connectivity index (χ4v) is 7.12. The predicted octanol–water partition coefficient (Wildman–Crippen LogP) is 9.29. The summed E-state index contributed by atoms with van der Waals surface area (Å²) in [6.07, 6.45) is 11.0. The maximum Gasteiger partial charge on any atom is 0.311 e. The Morgan fingerprint density at radius 2 is 1.88 bits per heavy atom. The van der Waals surface area contributed by atoms with E-state index in [0.717, 1.165) is 87.0 Å². The van der Waals surface area contributed by atoms with Gasteiger partial charge in [0, 0.05) is 6.42 Å². The molecule has 0 saturated carbocycles. The van der Waals surface area contributed by atoms with E-state index in [1.54, 1.807) is 0 Å². The molecule has 3 aliphatic rings. The van der Waals surface area contributed by atoms with Crippen molar-refractivity contribution in [3.8, 4) is 11.5 Å². The van der Waals surface area contributed by atoms with E-state index in [9.17, 15) is 9.18 Å². The average molecular weight is 598 g/mol. The minimum Gasteiger partial charge on any atom is -0.483 e. The molecule has 2 unspecified atom stereocenters. The number of carbonyl (C=O) groups excluding carboxylic acids is 1. The number of likely N-dealkylation sites (tertiary alicyclic amines) is 1. The van der Waals surface area contributed by atoms with Crippen molar-refractivity contribution in [1.82, 2.24) is 4.90 Å². The molecule has 1 saturated heterocycles. The normalized spacial score (nSPS) is 20.5. The molecule has 4 nitrogen and oxygen atoms in total. The Morgan fingerprint density at radius 3 is 2.60 bits per heavy atom. The Kier molecular flexibility index (Phi) is 11.2. The molecule has 0 spiro atoms. The molecule has 1 fully saturated rings. The van der Waals surface area contributed by atoms with Crippen molar-refractivity contribution in [2.45, 2.75) is 110 Å². The molecule has 0 N–H and O–H groups in total. The van der Waals surface area contributed by atoms with Crippen LogP contribution in [0, 0.1) is 11.7 Å². The molecular weight excluding hydrogens is 549 g/mol. The van der Waals surface area contributed by atoms with Gasteiger partial charge in [-0.3, -0.25) is 4.79 Å². The molecule has 2 aromatic rings. The number of esters is 1. The lowest BCUT2D eigenvalue weighted by Crippen LogP contribution is -2.37. The van der Waals surface area contributed by atoms with Crippen molar-refractivity contribution in [2.24, 2.45) is 5.92 Å². The summed E-state index contributed by atoms with van der Waals surface area (Å²) in [6, 6.07) is 11.1. The quantitative estimate of drug-likeness (QED) is 0.202. The number of allylic oxidation sites excluding steroid dienone is 1. The largest absolute Gasteiger partial charge is 0.483 e. The molecule has 6 heteroatoms. The number of benzene rings is 2. The van der Waals surface area contributed by atoms with E-state index in [-0.39, 0.29) is 30.1 Å². The van der Waals surface area contributed by atoms with Crippen molar-refractivity contribution < 1.29 is 18.7 Å². The third kappa shape index (κ3) is 7.77. The van der Waals surface area contributed by atoms with Gasteiger partial charge in [0.15, 0.2) is 0 Å². The molecule has 2 aliphatic heterocycles. The summed E-state index contributed by atoms with van der Waals surface area (Å²) in [4.78, 5) is 15.8. The SMILES string of the molecule is CCCC(Cc1ccc(F)cc1)c1cc(OC(=O)CCCN2CCCCC2)c2c(c1)OC(C)(C)C1=C2CC(C)CC1.Cl. The molecule has 2 atom stereocenters. The highest BCUT2D eigenvalue weighted by Gasteiger charge is 2.39. The topological polar surface area (TPSA) is 38.8 Å². The number of piperidine rings is 1. The van der Waals surface area contributed by atoms with Crippen LogP contribution in [0.15, 0.2) is 42.0 Å². The van der Waals surface area contributed by atoms with Gasteiger partial charge in [-0.05, 0) is 143 Å². The molecule has 1 aliphatic carbocycles. The van der Waals surface area contributed by atoms with Crippen LogP contribution < -0.4 is 9.47 Å². The van der Waals surface area contributed by atoms with Gasteiger partial charge < -0.3 is 14.4 Å². The van der Waals surface area contributed by atoms with Crippen LogP contribution in [-0.2, 0) is 11.2 Å². The van der Waals surface area contributed by atoms with Crippen LogP contribution in [0.2, 0.25) is 0 Å². The Bertz CT molecular complexity index is 1250. The molecule has 2 aromatic carbocycles. The Balaban J connectivity index is 0.00000405. The summed E-state index contributed by atoms with van der Waals surface area (Å²) < 4.78 is 26.6. The van der Waals surface area contributed by atoms with Crippen LogP contribution in [0.25, 0.3) is 5.57 Å². The number of carbonyl (C=O) groups is 1. The first kappa shape index (κ1) is 32.5. The van der Waals surface area contributed by atoms with Crippen molar-refractivity contribution >= 4 is 23.9 Å². The minimum absolute atomic E-state index is 0. The first-order valence-electron chi connectivity index (χ1n) is 16.0. The standard InChI is InChI=1S/C36H48FNO3.ClH/c1-5-10-27(22-26-13-15-29(37)16-14-26)28-23-32(40-34(39)11-9-20-38-18-7-6-8-19-38)35-30-21-25(2)12-17-31(30)36(3,4)41-33(35)24-28;/h13-16,23-25,27H,5-12,17-22H2,1-4H3;1H. The predicted molar refractivity (Wildman–Crippen MR) is 171 cm³/mol. The number of hydrogen-bond donors (Lipinski definition) is 0. The zero-order chi connectivity index (χ0) is 29.0. The van der Waals surface area contributed by atoms with E-state index < -0.39 is 5.60 Å². The van der Waals surface area contributed by atoms with Gasteiger partial charge in [0.05, 0.1) is 5.56 Å². The minimum atomic E-state index is -0.395. The third-order valence-corrected chi connectivity index (χ3v) is 9.32. The van der Waals surface area contributed by atoms with Crippen molar-refractivity contribution in [1.29, 1.82) is 0 Å². The summed E-state index contributed by atoms with van der Waals surface area (Å²) in [7, 11) is 0. The Morgan fingerprint density at radius 1 is 1.14 bits per heavy atom. The molecule has 230 valence electrons. The van der Waals surface area contributed by atoms with Gasteiger partial charge >= 0.3 is 5.97 Å². The summed E-state index contributed by atoms with van der Waals surface area (Å²) in [6.45, 7) is 12.1. The number of fused-ring (bicyclic) bond motifs is 2. The molecule has 0 aromatic heterocycles. The summed E-state index contributed by atoms with van der Waals surface area (Å²) in [5, 5.41) is 0. The Hall–Kier alpha value is -2.37. The maximum atomic E-state index is 13.6. The highest BCUT2D eigenvalue weighted by atomic mass is 35.5. The van der Waals surface area contributed by atoms with Crippen LogP contribution in [0.4, 0.5) is 4.39 Å². The molecule has 2 heterocycles. The fourth-order valence-electron chi connectivity index (χ4n) is 7.12. The zero-order valence-electron chi connectivity index (χ0n) is 26.0. The maximum absolute atomic E-state index is 13.6. The van der Waals surface area contributed by atoms with Gasteiger partial charge in [-0.1, -0.05) is 38.8 Å². The summed E-state index contributed by atoms with van der Waals surface area (Å²) in [5.74, 6) is 1.89. The van der Waals surface area contributed by atoms with Gasteiger partial charge in [-0.25, -0.2) is 4.39 Å². The summed E-state index contributed by atoms with van der Waals surface area (Å²) in [5.41, 5.74) is 5.46. The molecule has 5 rings (SSSR count). The van der Waals surface area contributed by atoms with Gasteiger partial charge in [0.2, 0.25) is 0 Å². The van der Waals surface area contributed by atoms with E-state index in [4.69, 9.17) is 9.47 Å². The molecule has 42 heavy (non-hydrogen) atoms. The second kappa shape index (κ2) is 14.4. The van der Waals surface area contributed by atoms with Crippen LogP contribution >= 0.6 is 12.4 Å². The number of halogens is 2. The van der Waals surface area contributed by atoms with Gasteiger partial charge in [0.1, 0.15) is 22.9 Å². The molecule has 0 radical (unpaired) electrons. The lowest BCUT2D eigenvalue weighted by Gasteiger charge is -2.41. The van der Waals surface area contributed by atoms with Gasteiger partial charge in [-0.15, -0.1) is 12.4 Å². The lowest BCUT2D eigenvalue weighted by molar-refractivity contribution is -0.134. The smallest absolute Gasteiger partial charge is 0.311 e. The first-order chi connectivity index (χ1) is 19.7. The van der Waals surface area contributed by atoms with Crippen molar-refractivity contribution in [3.63, 3.8) is 0 Å². The van der Waals surface area contributed by atoms with Gasteiger partial charge in [0.25, 0.3) is 0 Å². The number of rotatable bonds is 10. The van der Waals surface area contributed by atoms with E-state index in [2.05, 4.69) is 44.7 Å². The van der Waals surface area contributed by atoms with Crippen molar-refractivity contribution in [2.75, 3.05) is 19.6 Å². The second-order valence-electron chi connectivity index (χ2n) is 13.1. The van der Waals surface area contributed by atoms with E-state index in [1.165, 1.54) is 42.5 Å². The highest BCUT2D eigenvalue weighted by molar-refractivity contribution is 5.85. The number of hydrogen-bond acceptors (Lipinski definition) is 4. The Labute approximate surface area is 258 Å².